The van der Waals surface area contributed by atoms with E-state index < -0.39 is 65.9 Å². The average Bonchev–Trinajstić information content (AvgIpc) is 3.30. The van der Waals surface area contributed by atoms with Gasteiger partial charge in [0.1, 0.15) is 18.0 Å². The van der Waals surface area contributed by atoms with Crippen LogP contribution in [-0.4, -0.2) is 66.1 Å². The summed E-state index contributed by atoms with van der Waals surface area (Å²) in [5.41, 5.74) is 0.375. The predicted octanol–water partition coefficient (Wildman–Crippen LogP) is 4.19. The van der Waals surface area contributed by atoms with E-state index in [2.05, 4.69) is 0 Å². The molecule has 0 spiro atoms. The van der Waals surface area contributed by atoms with Crippen molar-refractivity contribution in [3.8, 4) is 5.75 Å². The van der Waals surface area contributed by atoms with E-state index in [0.717, 1.165) is 18.2 Å². The number of fused-ring (bicyclic) bond motifs is 2. The highest BCUT2D eigenvalue weighted by Gasteiger charge is 2.72. The maximum Gasteiger partial charge on any atom is 0.303 e. The van der Waals surface area contributed by atoms with E-state index in [4.69, 9.17) is 40.0 Å². The van der Waals surface area contributed by atoms with Gasteiger partial charge < -0.3 is 33.5 Å². The molecule has 2 bridgehead atoms. The summed E-state index contributed by atoms with van der Waals surface area (Å²) in [6.07, 6.45) is -3.90. The minimum Gasteiger partial charge on any atom is -0.494 e. The van der Waals surface area contributed by atoms with Gasteiger partial charge in [0.15, 0.2) is 11.7 Å². The first-order chi connectivity index (χ1) is 20.3. The molecule has 2 aromatic carbocycles. The molecule has 0 aromatic heterocycles. The lowest BCUT2D eigenvalue weighted by atomic mass is 9.73. The highest BCUT2D eigenvalue weighted by molar-refractivity contribution is 6.31. The van der Waals surface area contributed by atoms with E-state index in [-0.39, 0.29) is 6.61 Å². The van der Waals surface area contributed by atoms with Crippen LogP contribution in [0.4, 0.5) is 0 Å². The minimum atomic E-state index is -1.85. The van der Waals surface area contributed by atoms with Gasteiger partial charge in [0.05, 0.1) is 25.6 Å². The zero-order valence-electron chi connectivity index (χ0n) is 24.6. The van der Waals surface area contributed by atoms with Gasteiger partial charge in [-0.25, -0.2) is 0 Å². The van der Waals surface area contributed by atoms with Gasteiger partial charge >= 0.3 is 23.9 Å². The Morgan fingerprint density at radius 2 is 1.65 bits per heavy atom. The standard InChI is InChI=1S/C31H35ClO11/c1-6-38-24-10-7-21(8-11-24)13-22-14-23(9-12-26(22)32)31-29(42-20(5)35)25(15-27(36)37)28(41-19(4)34)30(43-31,16-39-31)17(2)40-18(3)33/h7-12,14,17,25,28-29H,6,13,15-16H2,1-5H3,(H,36,37)/t17?,25-,28-,29+,30+,31-/m0/s1. The van der Waals surface area contributed by atoms with Crippen molar-refractivity contribution >= 4 is 35.5 Å². The van der Waals surface area contributed by atoms with Gasteiger partial charge in [0.25, 0.3) is 0 Å². The lowest BCUT2D eigenvalue weighted by Crippen LogP contribution is -2.67. The van der Waals surface area contributed by atoms with Gasteiger partial charge in [-0.1, -0.05) is 29.8 Å². The lowest BCUT2D eigenvalue weighted by molar-refractivity contribution is -0.331. The van der Waals surface area contributed by atoms with Crippen LogP contribution in [0.15, 0.2) is 42.5 Å². The molecular weight excluding hydrogens is 584 g/mol. The number of hydrogen-bond donors (Lipinski definition) is 1. The molecule has 1 N–H and O–H groups in total. The molecule has 43 heavy (non-hydrogen) atoms. The van der Waals surface area contributed by atoms with Crippen LogP contribution in [0.2, 0.25) is 5.02 Å². The van der Waals surface area contributed by atoms with E-state index >= 15 is 0 Å². The highest BCUT2D eigenvalue weighted by atomic mass is 35.5. The van der Waals surface area contributed by atoms with E-state index in [1.54, 1.807) is 25.1 Å². The molecule has 6 atom stereocenters. The number of rotatable bonds is 11. The quantitative estimate of drug-likeness (QED) is 0.286. The summed E-state index contributed by atoms with van der Waals surface area (Å²) < 4.78 is 35.4. The second-order valence-corrected chi connectivity index (χ2v) is 11.1. The fraction of sp³-hybridized carbons (Fsp3) is 0.484. The molecule has 2 saturated heterocycles. The molecule has 12 heteroatoms. The second kappa shape index (κ2) is 12.9. The maximum absolute atomic E-state index is 12.4. The minimum absolute atomic E-state index is 0.274. The van der Waals surface area contributed by atoms with Crippen molar-refractivity contribution < 1.29 is 52.7 Å². The molecule has 2 heterocycles. The Hall–Kier alpha value is -3.67. The topological polar surface area (TPSA) is 144 Å². The van der Waals surface area contributed by atoms with Crippen LogP contribution in [-0.2, 0) is 55.1 Å². The summed E-state index contributed by atoms with van der Waals surface area (Å²) in [6.45, 7) is 7.25. The van der Waals surface area contributed by atoms with Gasteiger partial charge in [-0.2, -0.15) is 0 Å². The maximum atomic E-state index is 12.4. The number of halogens is 1. The van der Waals surface area contributed by atoms with Gasteiger partial charge in [-0.05, 0) is 55.7 Å². The zero-order chi connectivity index (χ0) is 31.5. The van der Waals surface area contributed by atoms with Crippen LogP contribution in [0.3, 0.4) is 0 Å². The van der Waals surface area contributed by atoms with Gasteiger partial charge in [-0.3, -0.25) is 19.2 Å². The van der Waals surface area contributed by atoms with Gasteiger partial charge in [0, 0.05) is 31.4 Å². The van der Waals surface area contributed by atoms with E-state index in [1.807, 2.05) is 31.2 Å². The normalized spacial score (nSPS) is 26.7. The van der Waals surface area contributed by atoms with Crippen LogP contribution in [0.1, 0.15) is 57.7 Å². The molecule has 232 valence electrons. The number of carboxylic acids is 1. The Bertz CT molecular complexity index is 1380. The molecule has 0 aliphatic carbocycles. The summed E-state index contributed by atoms with van der Waals surface area (Å²) in [6, 6.07) is 12.6. The monoisotopic (exact) mass is 618 g/mol. The molecule has 2 aliphatic rings. The number of aliphatic carboxylic acids is 1. The molecular formula is C31H35ClO11. The largest absolute Gasteiger partial charge is 0.494 e. The van der Waals surface area contributed by atoms with Crippen molar-refractivity contribution in [1.29, 1.82) is 0 Å². The third-order valence-electron chi connectivity index (χ3n) is 7.59. The van der Waals surface area contributed by atoms with Gasteiger partial charge in [-0.15, -0.1) is 0 Å². The molecule has 1 unspecified atom stereocenters. The third-order valence-corrected chi connectivity index (χ3v) is 7.96. The number of carboxylic acid groups (broad SMARTS) is 1. The van der Waals surface area contributed by atoms with Crippen LogP contribution < -0.4 is 4.74 Å². The SMILES string of the molecule is CCOc1ccc(Cc2cc([C@]34OC[C@](C(C)OC(C)=O)(O3)[C@@H](OC(C)=O)[C@H](CC(=O)O)[C@H]4OC(C)=O)ccc2Cl)cc1. The summed E-state index contributed by atoms with van der Waals surface area (Å²) in [5, 5.41) is 10.4. The summed E-state index contributed by atoms with van der Waals surface area (Å²) in [5.74, 6) is -5.61. The molecule has 0 saturated carbocycles. The van der Waals surface area contributed by atoms with Crippen LogP contribution in [0.25, 0.3) is 0 Å². The molecule has 4 rings (SSSR count). The number of benzene rings is 2. The zero-order valence-corrected chi connectivity index (χ0v) is 25.3. The first-order valence-electron chi connectivity index (χ1n) is 13.9. The summed E-state index contributed by atoms with van der Waals surface area (Å²) >= 11 is 6.61. The summed E-state index contributed by atoms with van der Waals surface area (Å²) in [7, 11) is 0. The lowest BCUT2D eigenvalue weighted by Gasteiger charge is -2.51. The number of esters is 3. The number of ether oxygens (including phenoxy) is 6. The number of carbonyl (C=O) groups is 4. The highest BCUT2D eigenvalue weighted by Crippen LogP contribution is 2.56. The van der Waals surface area contributed by atoms with Crippen molar-refractivity contribution in [1.82, 2.24) is 0 Å². The fourth-order valence-corrected chi connectivity index (χ4v) is 6.06. The number of hydrogen-bond acceptors (Lipinski definition) is 10. The van der Waals surface area contributed by atoms with Crippen LogP contribution >= 0.6 is 11.6 Å². The van der Waals surface area contributed by atoms with Crippen molar-refractivity contribution in [3.05, 3.63) is 64.2 Å². The first kappa shape index (κ1) is 32.2. The Balaban J connectivity index is 1.86. The van der Waals surface area contributed by atoms with Gasteiger partial charge in [0.2, 0.25) is 5.79 Å². The van der Waals surface area contributed by atoms with Crippen LogP contribution in [0, 0.1) is 5.92 Å². The van der Waals surface area contributed by atoms with Crippen molar-refractivity contribution in [3.63, 3.8) is 0 Å². The first-order valence-corrected chi connectivity index (χ1v) is 14.3. The van der Waals surface area contributed by atoms with E-state index in [9.17, 15) is 24.3 Å². The predicted molar refractivity (Wildman–Crippen MR) is 151 cm³/mol. The Kier molecular flexibility index (Phi) is 9.68. The smallest absolute Gasteiger partial charge is 0.303 e. The Morgan fingerprint density at radius 3 is 2.23 bits per heavy atom. The molecule has 2 fully saturated rings. The molecule has 0 radical (unpaired) electrons. The molecule has 0 amide bonds. The molecule has 11 nitrogen and oxygen atoms in total. The van der Waals surface area contributed by atoms with Crippen LogP contribution in [0.5, 0.6) is 5.75 Å². The Morgan fingerprint density at radius 1 is 1.00 bits per heavy atom. The number of carbonyl (C=O) groups excluding carboxylic acids is 3. The van der Waals surface area contributed by atoms with E-state index in [1.165, 1.54) is 13.8 Å². The average molecular weight is 619 g/mol. The molecule has 2 aromatic rings. The fourth-order valence-electron chi connectivity index (χ4n) is 5.87. The van der Waals surface area contributed by atoms with E-state index in [0.29, 0.717) is 29.2 Å². The second-order valence-electron chi connectivity index (χ2n) is 10.6. The van der Waals surface area contributed by atoms with Crippen molar-refractivity contribution in [2.45, 2.75) is 77.2 Å². The third kappa shape index (κ3) is 6.63. The molecule has 2 aliphatic heterocycles. The van der Waals surface area contributed by atoms with Crippen molar-refractivity contribution in [2.24, 2.45) is 5.92 Å². The van der Waals surface area contributed by atoms with Crippen molar-refractivity contribution in [2.75, 3.05) is 13.2 Å². The summed E-state index contributed by atoms with van der Waals surface area (Å²) in [4.78, 5) is 48.9. The Labute approximate surface area is 254 Å².